The van der Waals surface area contributed by atoms with E-state index in [1.54, 1.807) is 0 Å². The Morgan fingerprint density at radius 3 is 2.16 bits per heavy atom. The molecule has 0 saturated heterocycles. The number of nitrogens with zero attached hydrogens (tertiary/aromatic N) is 4. The molecular weight excluding hydrogens is 808 g/mol. The van der Waals surface area contributed by atoms with Gasteiger partial charge in [0.15, 0.2) is 0 Å². The van der Waals surface area contributed by atoms with Gasteiger partial charge < -0.3 is 13.7 Å². The first-order valence-corrected chi connectivity index (χ1v) is 17.1. The third-order valence-electron chi connectivity index (χ3n) is 9.91. The maximum atomic E-state index is 6.53. The fourth-order valence-electron chi connectivity index (χ4n) is 7.66. The Labute approximate surface area is 311 Å². The van der Waals surface area contributed by atoms with E-state index in [4.69, 9.17) is 14.7 Å². The minimum Gasteiger partial charge on any atom is -0.503 e. The third kappa shape index (κ3) is 5.43. The molecular formula is C45H36N4OPt. The molecule has 252 valence electrons. The maximum absolute atomic E-state index is 6.53. The second-order valence-corrected chi connectivity index (χ2v) is 14.4. The number of rotatable bonds is 4. The molecule has 0 aliphatic heterocycles. The summed E-state index contributed by atoms with van der Waals surface area (Å²) in [6.45, 7) is 13.2. The summed E-state index contributed by atoms with van der Waals surface area (Å²) in [7, 11) is 0. The number of ether oxygens (including phenoxy) is 1. The van der Waals surface area contributed by atoms with Gasteiger partial charge in [0.05, 0.1) is 5.65 Å². The fraction of sp³-hybridized carbons (Fsp3) is 0.156. The predicted molar refractivity (Wildman–Crippen MR) is 205 cm³/mol. The van der Waals surface area contributed by atoms with Crippen LogP contribution in [0.25, 0.3) is 66.1 Å². The summed E-state index contributed by atoms with van der Waals surface area (Å²) in [5, 5.41) is 5.38. The van der Waals surface area contributed by atoms with E-state index in [1.165, 1.54) is 33.4 Å². The molecule has 4 aromatic heterocycles. The number of pyridine rings is 2. The van der Waals surface area contributed by atoms with Crippen molar-refractivity contribution < 1.29 is 25.8 Å². The number of imidazole rings is 1. The van der Waals surface area contributed by atoms with E-state index in [-0.39, 0.29) is 26.5 Å². The van der Waals surface area contributed by atoms with E-state index in [0.717, 1.165) is 54.9 Å². The van der Waals surface area contributed by atoms with Gasteiger partial charge in [0, 0.05) is 41.1 Å². The van der Waals surface area contributed by atoms with Crippen LogP contribution in [0.5, 0.6) is 11.5 Å². The van der Waals surface area contributed by atoms with Gasteiger partial charge in [-0.1, -0.05) is 91.2 Å². The van der Waals surface area contributed by atoms with Crippen molar-refractivity contribution in [2.75, 3.05) is 0 Å². The van der Waals surface area contributed by atoms with Crippen molar-refractivity contribution in [1.29, 1.82) is 0 Å². The number of hydrogen-bond acceptors (Lipinski definition) is 3. The van der Waals surface area contributed by atoms with Gasteiger partial charge in [-0.25, -0.2) is 4.98 Å². The first-order chi connectivity index (χ1) is 24.1. The van der Waals surface area contributed by atoms with E-state index < -0.39 is 0 Å². The molecule has 4 heterocycles. The molecule has 0 aliphatic rings. The first kappa shape index (κ1) is 32.9. The van der Waals surface area contributed by atoms with Gasteiger partial charge >= 0.3 is 21.1 Å². The van der Waals surface area contributed by atoms with Crippen LogP contribution in [-0.2, 0) is 26.5 Å². The topological polar surface area (TPSA) is 44.3 Å². The molecule has 51 heavy (non-hydrogen) atoms. The Bertz CT molecular complexity index is 2800. The molecule has 0 aliphatic carbocycles. The summed E-state index contributed by atoms with van der Waals surface area (Å²) >= 11 is 0. The van der Waals surface area contributed by atoms with Gasteiger partial charge in [-0.05, 0) is 89.0 Å². The van der Waals surface area contributed by atoms with Crippen LogP contribution in [0.2, 0.25) is 0 Å². The molecule has 0 amide bonds. The van der Waals surface area contributed by atoms with Crippen LogP contribution in [0.3, 0.4) is 0 Å². The normalized spacial score (nSPS) is 12.0. The SMILES string of the molecule is Cc1cc(C)c(-c2ccc3c4ccc(Oc5[c-]c6c(cc5)c5ccccc5n6-c5cc(C(C)(C)C)ccn5)[c-]c4c4nccn4c3c2)c(C)c1.[Pt+2]. The zero-order chi connectivity index (χ0) is 34.3. The van der Waals surface area contributed by atoms with Crippen LogP contribution in [0.15, 0.2) is 110 Å². The zero-order valence-corrected chi connectivity index (χ0v) is 31.7. The van der Waals surface area contributed by atoms with Crippen LogP contribution in [-0.4, -0.2) is 18.9 Å². The second kappa shape index (κ2) is 12.2. The molecule has 0 fully saturated rings. The number of aryl methyl sites for hydroxylation is 3. The molecule has 0 bridgehead atoms. The Balaban J connectivity index is 0.00000374. The van der Waals surface area contributed by atoms with Crippen LogP contribution < -0.4 is 4.74 Å². The van der Waals surface area contributed by atoms with Crippen LogP contribution in [0, 0.1) is 32.9 Å². The molecule has 0 atom stereocenters. The molecule has 9 aromatic rings. The molecule has 6 heteroatoms. The van der Waals surface area contributed by atoms with Crippen LogP contribution in [0.4, 0.5) is 0 Å². The molecule has 0 unspecified atom stereocenters. The number of fused-ring (bicyclic) bond motifs is 9. The van der Waals surface area contributed by atoms with E-state index in [2.05, 4.69) is 142 Å². The van der Waals surface area contributed by atoms with Gasteiger partial charge in [-0.3, -0.25) is 4.98 Å². The summed E-state index contributed by atoms with van der Waals surface area (Å²) in [5.74, 6) is 2.08. The smallest absolute Gasteiger partial charge is 0.503 e. The average molecular weight is 844 g/mol. The number of aromatic nitrogens is 4. The van der Waals surface area contributed by atoms with Gasteiger partial charge in [0.2, 0.25) is 0 Å². The molecule has 5 nitrogen and oxygen atoms in total. The monoisotopic (exact) mass is 843 g/mol. The third-order valence-corrected chi connectivity index (χ3v) is 9.91. The van der Waals surface area contributed by atoms with E-state index >= 15 is 0 Å². The predicted octanol–water partition coefficient (Wildman–Crippen LogP) is 11.4. The van der Waals surface area contributed by atoms with E-state index in [0.29, 0.717) is 11.5 Å². The summed E-state index contributed by atoms with van der Waals surface area (Å²) in [5.41, 5.74) is 11.5. The molecule has 0 N–H and O–H groups in total. The standard InChI is InChI=1S/C45H36N4O.Pt/c1-27-21-28(2)43(29(3)22-27)30-11-14-36-34-15-12-32(25-38(34)44-47-19-20-48(44)40(36)23-30)50-33-13-16-37-35-9-7-8-10-39(35)49(41(37)26-33)42-24-31(17-18-46-42)45(4,5)6;/h7-24H,1-6H3;/q-2;+2. The molecule has 0 radical (unpaired) electrons. The Morgan fingerprint density at radius 1 is 0.667 bits per heavy atom. The summed E-state index contributed by atoms with van der Waals surface area (Å²) in [6.07, 6.45) is 5.78. The molecule has 0 saturated carbocycles. The van der Waals surface area contributed by atoms with Crippen molar-refractivity contribution in [1.82, 2.24) is 18.9 Å². The van der Waals surface area contributed by atoms with Gasteiger partial charge in [-0.2, -0.15) is 6.07 Å². The van der Waals surface area contributed by atoms with Gasteiger partial charge in [0.25, 0.3) is 0 Å². The first-order valence-electron chi connectivity index (χ1n) is 17.1. The largest absolute Gasteiger partial charge is 2.00 e. The van der Waals surface area contributed by atoms with E-state index in [1.807, 2.05) is 30.7 Å². The second-order valence-electron chi connectivity index (χ2n) is 14.4. The molecule has 9 rings (SSSR count). The Morgan fingerprint density at radius 2 is 1.37 bits per heavy atom. The minimum atomic E-state index is -0.00654. The van der Waals surface area contributed by atoms with Crippen molar-refractivity contribution in [2.24, 2.45) is 0 Å². The van der Waals surface area contributed by atoms with Crippen molar-refractivity contribution in [2.45, 2.75) is 47.0 Å². The summed E-state index contributed by atoms with van der Waals surface area (Å²) < 4.78 is 10.9. The van der Waals surface area contributed by atoms with Gasteiger partial charge in [0.1, 0.15) is 5.82 Å². The van der Waals surface area contributed by atoms with Crippen LogP contribution in [0.1, 0.15) is 43.0 Å². The maximum Gasteiger partial charge on any atom is 2.00 e. The van der Waals surface area contributed by atoms with Gasteiger partial charge in [-0.15, -0.1) is 29.7 Å². The summed E-state index contributed by atoms with van der Waals surface area (Å²) in [4.78, 5) is 9.60. The average Bonchev–Trinajstić information content (AvgIpc) is 3.71. The number of benzene rings is 5. The van der Waals surface area contributed by atoms with Crippen molar-refractivity contribution in [3.63, 3.8) is 0 Å². The molecule has 5 aromatic carbocycles. The van der Waals surface area contributed by atoms with Crippen molar-refractivity contribution in [3.8, 4) is 28.4 Å². The summed E-state index contributed by atoms with van der Waals surface area (Å²) in [6, 6.07) is 39.3. The van der Waals surface area contributed by atoms with Crippen molar-refractivity contribution in [3.05, 3.63) is 144 Å². The number of hydrogen-bond donors (Lipinski definition) is 0. The molecule has 0 spiro atoms. The Kier molecular flexibility index (Phi) is 7.88. The zero-order valence-electron chi connectivity index (χ0n) is 29.4. The van der Waals surface area contributed by atoms with Crippen LogP contribution >= 0.6 is 0 Å². The number of para-hydroxylation sites is 1. The van der Waals surface area contributed by atoms with Crippen molar-refractivity contribution >= 4 is 49.1 Å². The fourth-order valence-corrected chi connectivity index (χ4v) is 7.66. The minimum absolute atomic E-state index is 0. The van der Waals surface area contributed by atoms with E-state index in [9.17, 15) is 0 Å². The quantitative estimate of drug-likeness (QED) is 0.131. The Hall–Kier alpha value is -5.25.